The Morgan fingerprint density at radius 1 is 1.57 bits per heavy atom. The highest BCUT2D eigenvalue weighted by Crippen LogP contribution is 2.30. The van der Waals surface area contributed by atoms with Crippen LogP contribution in [0.4, 0.5) is 8.78 Å². The maximum Gasteiger partial charge on any atom is 0.265 e. The Morgan fingerprint density at radius 3 is 2.64 bits per heavy atom. The second kappa shape index (κ2) is 5.00. The first-order valence-corrected chi connectivity index (χ1v) is 5.06. The van der Waals surface area contributed by atoms with Gasteiger partial charge in [0.1, 0.15) is 0 Å². The lowest BCUT2D eigenvalue weighted by molar-refractivity contribution is 0.150. The first kappa shape index (κ1) is 11.8. The van der Waals surface area contributed by atoms with Crippen molar-refractivity contribution in [1.82, 2.24) is 4.98 Å². The lowest BCUT2D eigenvalue weighted by Crippen LogP contribution is -2.00. The predicted molar refractivity (Wildman–Crippen MR) is 52.4 cm³/mol. The van der Waals surface area contributed by atoms with Gasteiger partial charge in [-0.3, -0.25) is 4.98 Å². The van der Waals surface area contributed by atoms with Crippen LogP contribution in [0, 0.1) is 0 Å². The molecule has 0 saturated heterocycles. The van der Waals surface area contributed by atoms with Crippen molar-refractivity contribution in [3.8, 4) is 0 Å². The number of aliphatic hydroxyl groups excluding tert-OH is 1. The number of hydrogen-bond donors (Lipinski definition) is 1. The first-order chi connectivity index (χ1) is 6.60. The van der Waals surface area contributed by atoms with E-state index in [1.54, 1.807) is 0 Å². The number of pyridine rings is 1. The summed E-state index contributed by atoms with van der Waals surface area (Å²) in [6, 6.07) is 1.22. The van der Waals surface area contributed by atoms with Gasteiger partial charge in [0.05, 0.1) is 28.3 Å². The second-order valence-electron chi connectivity index (χ2n) is 2.56. The molecule has 0 radical (unpaired) electrons. The molecule has 14 heavy (non-hydrogen) atoms. The quantitative estimate of drug-likeness (QED) is 0.867. The summed E-state index contributed by atoms with van der Waals surface area (Å²) in [5.74, 6) is 0.0417. The van der Waals surface area contributed by atoms with Crippen molar-refractivity contribution in [3.05, 3.63) is 27.5 Å². The summed E-state index contributed by atoms with van der Waals surface area (Å²) < 4.78 is 25.1. The van der Waals surface area contributed by atoms with Gasteiger partial charge in [-0.2, -0.15) is 0 Å². The van der Waals surface area contributed by atoms with Gasteiger partial charge < -0.3 is 5.11 Å². The topological polar surface area (TPSA) is 33.1 Å². The Bertz CT molecular complexity index is 335. The van der Waals surface area contributed by atoms with Crippen LogP contribution < -0.4 is 0 Å². The highest BCUT2D eigenvalue weighted by molar-refractivity contribution is 9.10. The van der Waals surface area contributed by atoms with Crippen molar-refractivity contribution in [2.45, 2.75) is 18.9 Å². The lowest BCUT2D eigenvalue weighted by Gasteiger charge is -2.08. The molecule has 0 aliphatic heterocycles. The summed E-state index contributed by atoms with van der Waals surface area (Å²) in [6.45, 7) is -0.398. The lowest BCUT2D eigenvalue weighted by atomic mass is 10.2. The number of aliphatic hydroxyl groups is 1. The Labute approximate surface area is 93.0 Å². The fourth-order valence-electron chi connectivity index (χ4n) is 0.996. The van der Waals surface area contributed by atoms with Crippen molar-refractivity contribution in [3.63, 3.8) is 0 Å². The van der Waals surface area contributed by atoms with Crippen molar-refractivity contribution in [2.75, 3.05) is 0 Å². The largest absolute Gasteiger partial charge is 0.390 e. The molecular weight excluding hydrogens is 279 g/mol. The molecule has 0 aromatic carbocycles. The van der Waals surface area contributed by atoms with Gasteiger partial charge >= 0.3 is 0 Å². The van der Waals surface area contributed by atoms with Gasteiger partial charge in [-0.05, 0) is 22.0 Å². The minimum atomic E-state index is -2.61. The molecule has 1 aromatic rings. The Morgan fingerprint density at radius 2 is 2.21 bits per heavy atom. The van der Waals surface area contributed by atoms with Crippen molar-refractivity contribution in [2.24, 2.45) is 0 Å². The molecule has 1 heterocycles. The number of halogens is 4. The maximum atomic E-state index is 12.5. The number of aromatic nitrogens is 1. The van der Waals surface area contributed by atoms with E-state index in [2.05, 4.69) is 20.9 Å². The summed E-state index contributed by atoms with van der Waals surface area (Å²) >= 11 is 8.44. The van der Waals surface area contributed by atoms with Crippen LogP contribution >= 0.6 is 27.5 Å². The number of alkyl halides is 3. The molecule has 6 heteroatoms. The molecule has 0 aliphatic carbocycles. The normalized spacial score (nSPS) is 11.0. The van der Waals surface area contributed by atoms with E-state index in [9.17, 15) is 8.78 Å². The van der Waals surface area contributed by atoms with Gasteiger partial charge in [0.15, 0.2) is 0 Å². The molecule has 0 saturated carbocycles. The van der Waals surface area contributed by atoms with E-state index in [1.165, 1.54) is 6.07 Å². The molecule has 1 rings (SSSR count). The summed E-state index contributed by atoms with van der Waals surface area (Å²) in [5.41, 5.74) is 0.312. The molecule has 0 atom stereocenters. The third-order valence-electron chi connectivity index (χ3n) is 1.63. The van der Waals surface area contributed by atoms with E-state index >= 15 is 0 Å². The second-order valence-corrected chi connectivity index (χ2v) is 3.62. The van der Waals surface area contributed by atoms with E-state index in [0.29, 0.717) is 5.69 Å². The third kappa shape index (κ3) is 2.40. The highest BCUT2D eigenvalue weighted by Gasteiger charge is 2.16. The van der Waals surface area contributed by atoms with Crippen LogP contribution in [0.25, 0.3) is 0 Å². The van der Waals surface area contributed by atoms with Gasteiger partial charge in [-0.15, -0.1) is 11.6 Å². The summed E-state index contributed by atoms with van der Waals surface area (Å²) in [7, 11) is 0. The molecule has 0 aliphatic rings. The molecule has 1 N–H and O–H groups in total. The van der Waals surface area contributed by atoms with Gasteiger partial charge in [-0.1, -0.05) is 0 Å². The fourth-order valence-corrected chi connectivity index (χ4v) is 1.63. The standard InChI is InChI=1S/C8H7BrClF2NO/c9-7-5(8(11)12)1-4(2-10)13-6(7)3-14/h1,8,14H,2-3H2. The van der Waals surface area contributed by atoms with Crippen LogP contribution in [0.3, 0.4) is 0 Å². The maximum absolute atomic E-state index is 12.5. The highest BCUT2D eigenvalue weighted by atomic mass is 79.9. The van der Waals surface area contributed by atoms with Crippen LogP contribution in [0.2, 0.25) is 0 Å². The van der Waals surface area contributed by atoms with E-state index in [0.717, 1.165) is 0 Å². The zero-order valence-electron chi connectivity index (χ0n) is 6.98. The molecule has 0 amide bonds. The fraction of sp³-hybridized carbons (Fsp3) is 0.375. The minimum Gasteiger partial charge on any atom is -0.390 e. The molecule has 1 aromatic heterocycles. The van der Waals surface area contributed by atoms with Gasteiger partial charge in [0.2, 0.25) is 0 Å². The van der Waals surface area contributed by atoms with Crippen molar-refractivity contribution >= 4 is 27.5 Å². The van der Waals surface area contributed by atoms with Gasteiger partial charge in [-0.25, -0.2) is 8.78 Å². The average molecular weight is 287 g/mol. The number of hydrogen-bond acceptors (Lipinski definition) is 2. The Kier molecular flexibility index (Phi) is 4.22. The summed E-state index contributed by atoms with van der Waals surface area (Å²) in [6.07, 6.45) is -2.61. The molecule has 0 bridgehead atoms. The van der Waals surface area contributed by atoms with E-state index < -0.39 is 13.0 Å². The summed E-state index contributed by atoms with van der Waals surface area (Å²) in [5, 5.41) is 8.86. The zero-order chi connectivity index (χ0) is 10.7. The molecule has 0 fully saturated rings. The van der Waals surface area contributed by atoms with Crippen LogP contribution in [0.1, 0.15) is 23.4 Å². The Hall–Kier alpha value is -0.260. The minimum absolute atomic E-state index is 0.0417. The van der Waals surface area contributed by atoms with E-state index in [-0.39, 0.29) is 21.6 Å². The van der Waals surface area contributed by atoms with Gasteiger partial charge in [0, 0.05) is 5.56 Å². The zero-order valence-corrected chi connectivity index (χ0v) is 9.32. The summed E-state index contributed by atoms with van der Waals surface area (Å²) in [4.78, 5) is 3.89. The molecule has 0 unspecified atom stereocenters. The van der Waals surface area contributed by atoms with Crippen LogP contribution in [-0.4, -0.2) is 10.1 Å². The third-order valence-corrected chi connectivity index (χ3v) is 2.82. The molecular formula is C8H7BrClF2NO. The van der Waals surface area contributed by atoms with Crippen molar-refractivity contribution in [1.29, 1.82) is 0 Å². The van der Waals surface area contributed by atoms with Crippen molar-refractivity contribution < 1.29 is 13.9 Å². The van der Waals surface area contributed by atoms with Crippen LogP contribution in [0.5, 0.6) is 0 Å². The number of nitrogens with zero attached hydrogens (tertiary/aromatic N) is 1. The van der Waals surface area contributed by atoms with Gasteiger partial charge in [0.25, 0.3) is 6.43 Å². The molecule has 78 valence electrons. The molecule has 2 nitrogen and oxygen atoms in total. The smallest absolute Gasteiger partial charge is 0.265 e. The van der Waals surface area contributed by atoms with Crippen LogP contribution in [0.15, 0.2) is 10.5 Å². The first-order valence-electron chi connectivity index (χ1n) is 3.73. The van der Waals surface area contributed by atoms with E-state index in [4.69, 9.17) is 16.7 Å². The van der Waals surface area contributed by atoms with E-state index in [1.807, 2.05) is 0 Å². The number of rotatable bonds is 3. The van der Waals surface area contributed by atoms with Crippen LogP contribution in [-0.2, 0) is 12.5 Å². The molecule has 0 spiro atoms. The average Bonchev–Trinajstić information content (AvgIpc) is 2.17. The SMILES string of the molecule is OCc1nc(CCl)cc(C(F)F)c1Br. The Balaban J connectivity index is 3.27. The predicted octanol–water partition coefficient (Wildman–Crippen LogP) is 3.01. The monoisotopic (exact) mass is 285 g/mol.